The molecule has 0 unspecified atom stereocenters. The van der Waals surface area contributed by atoms with Gasteiger partial charge in [-0.25, -0.2) is 0 Å². The molecule has 1 aromatic carbocycles. The van der Waals surface area contributed by atoms with Gasteiger partial charge in [-0.2, -0.15) is 13.2 Å². The van der Waals surface area contributed by atoms with E-state index in [-0.39, 0.29) is 6.54 Å². The van der Waals surface area contributed by atoms with Crippen molar-refractivity contribution >= 4 is 5.96 Å². The molecular weight excluding hydrogens is 341 g/mol. The Morgan fingerprint density at radius 3 is 2.69 bits per heavy atom. The van der Waals surface area contributed by atoms with E-state index in [2.05, 4.69) is 32.5 Å². The number of hydrogen-bond acceptors (Lipinski definition) is 2. The average molecular weight is 360 g/mol. The minimum absolute atomic E-state index is 0.263. The quantitative estimate of drug-likeness (QED) is 0.501. The summed E-state index contributed by atoms with van der Waals surface area (Å²) >= 11 is 0. The Morgan fingerprint density at radius 1 is 1.15 bits per heavy atom. The first kappa shape index (κ1) is 19.3. The van der Waals surface area contributed by atoms with Crippen LogP contribution in [0.15, 0.2) is 53.7 Å². The van der Waals surface area contributed by atoms with Gasteiger partial charge >= 0.3 is 6.18 Å². The number of benzene rings is 1. The van der Waals surface area contributed by atoms with E-state index in [0.717, 1.165) is 24.2 Å². The molecular formula is C19H19F3N4. The van der Waals surface area contributed by atoms with Crippen LogP contribution in [-0.4, -0.2) is 31.1 Å². The lowest BCUT2D eigenvalue weighted by Crippen LogP contribution is -2.38. The Bertz CT molecular complexity index is 790. The molecule has 0 radical (unpaired) electrons. The largest absolute Gasteiger partial charge is 0.416 e. The lowest BCUT2D eigenvalue weighted by Gasteiger charge is -2.09. The summed E-state index contributed by atoms with van der Waals surface area (Å²) in [6.07, 6.45) is -1.88. The Balaban J connectivity index is 1.80. The molecule has 1 aromatic heterocycles. The van der Waals surface area contributed by atoms with E-state index < -0.39 is 11.7 Å². The third-order valence-electron chi connectivity index (χ3n) is 3.39. The fourth-order valence-electron chi connectivity index (χ4n) is 2.12. The Labute approximate surface area is 150 Å². The standard InChI is InChI=1S/C19H19F3N4/c1-23-18(26-13-10-17-9-2-3-11-24-17)25-12-5-7-15-6-4-8-16(14-15)19(20,21)22/h2-4,6,8-9,11,14H,10,12-13H2,1H3,(H2,23,25,26). The van der Waals surface area contributed by atoms with Crippen LogP contribution in [0, 0.1) is 11.8 Å². The number of rotatable bonds is 4. The van der Waals surface area contributed by atoms with E-state index in [0.29, 0.717) is 18.1 Å². The van der Waals surface area contributed by atoms with Crippen LogP contribution in [0.1, 0.15) is 16.8 Å². The molecule has 0 aliphatic carbocycles. The third kappa shape index (κ3) is 6.48. The lowest BCUT2D eigenvalue weighted by atomic mass is 10.1. The van der Waals surface area contributed by atoms with Crippen molar-refractivity contribution in [3.8, 4) is 11.8 Å². The highest BCUT2D eigenvalue weighted by Crippen LogP contribution is 2.29. The first-order chi connectivity index (χ1) is 12.5. The van der Waals surface area contributed by atoms with Crippen molar-refractivity contribution in [2.45, 2.75) is 12.6 Å². The molecule has 2 rings (SSSR count). The third-order valence-corrected chi connectivity index (χ3v) is 3.39. The van der Waals surface area contributed by atoms with Crippen LogP contribution in [0.4, 0.5) is 13.2 Å². The van der Waals surface area contributed by atoms with Gasteiger partial charge in [0.1, 0.15) is 0 Å². The number of aromatic nitrogens is 1. The number of guanidine groups is 1. The van der Waals surface area contributed by atoms with Crippen LogP contribution in [0.5, 0.6) is 0 Å². The Kier molecular flexibility index (Phi) is 7.03. The van der Waals surface area contributed by atoms with Crippen molar-refractivity contribution in [3.63, 3.8) is 0 Å². The zero-order chi connectivity index (χ0) is 18.8. The van der Waals surface area contributed by atoms with Gasteiger partial charge in [0.2, 0.25) is 0 Å². The van der Waals surface area contributed by atoms with Gasteiger partial charge in [-0.05, 0) is 30.3 Å². The number of nitrogens with one attached hydrogen (secondary N) is 2. The lowest BCUT2D eigenvalue weighted by molar-refractivity contribution is -0.137. The summed E-state index contributed by atoms with van der Waals surface area (Å²) in [5.41, 5.74) is 0.587. The van der Waals surface area contributed by atoms with Crippen molar-refractivity contribution in [1.82, 2.24) is 15.6 Å². The van der Waals surface area contributed by atoms with Crippen molar-refractivity contribution in [2.24, 2.45) is 4.99 Å². The van der Waals surface area contributed by atoms with E-state index in [4.69, 9.17) is 0 Å². The summed E-state index contributed by atoms with van der Waals surface area (Å²) in [7, 11) is 1.64. The zero-order valence-electron chi connectivity index (χ0n) is 14.3. The molecule has 0 aliphatic heterocycles. The number of aliphatic imine (C=N–C) groups is 1. The van der Waals surface area contributed by atoms with Crippen molar-refractivity contribution in [1.29, 1.82) is 0 Å². The van der Waals surface area contributed by atoms with Crippen LogP contribution in [0.2, 0.25) is 0 Å². The van der Waals surface area contributed by atoms with E-state index in [1.807, 2.05) is 18.2 Å². The zero-order valence-corrected chi connectivity index (χ0v) is 14.3. The summed E-state index contributed by atoms with van der Waals surface area (Å²) in [6, 6.07) is 10.7. The van der Waals surface area contributed by atoms with Crippen LogP contribution in [-0.2, 0) is 12.6 Å². The maximum atomic E-state index is 12.7. The molecule has 1 heterocycles. The van der Waals surface area contributed by atoms with E-state index in [1.165, 1.54) is 6.07 Å². The fourth-order valence-corrected chi connectivity index (χ4v) is 2.12. The van der Waals surface area contributed by atoms with E-state index in [1.54, 1.807) is 19.3 Å². The first-order valence-electron chi connectivity index (χ1n) is 7.99. The molecule has 0 aliphatic rings. The van der Waals surface area contributed by atoms with Gasteiger partial charge in [0.15, 0.2) is 5.96 Å². The number of alkyl halides is 3. The normalized spacial score (nSPS) is 11.5. The Hall–Kier alpha value is -3.01. The SMILES string of the molecule is CN=C(NCC#Cc1cccc(C(F)(F)F)c1)NCCc1ccccn1. The average Bonchev–Trinajstić information content (AvgIpc) is 2.64. The van der Waals surface area contributed by atoms with Gasteiger partial charge in [-0.1, -0.05) is 24.0 Å². The maximum Gasteiger partial charge on any atom is 0.416 e. The summed E-state index contributed by atoms with van der Waals surface area (Å²) in [5.74, 6) is 6.07. The van der Waals surface area contributed by atoms with Gasteiger partial charge in [-0.3, -0.25) is 9.98 Å². The van der Waals surface area contributed by atoms with Crippen molar-refractivity contribution in [2.75, 3.05) is 20.1 Å². The summed E-state index contributed by atoms with van der Waals surface area (Å²) in [4.78, 5) is 8.30. The van der Waals surface area contributed by atoms with Crippen molar-refractivity contribution < 1.29 is 13.2 Å². The molecule has 2 N–H and O–H groups in total. The molecule has 2 aromatic rings. The monoisotopic (exact) mass is 360 g/mol. The smallest absolute Gasteiger partial charge is 0.356 e. The highest BCUT2D eigenvalue weighted by Gasteiger charge is 2.30. The second-order valence-electron chi connectivity index (χ2n) is 5.30. The van der Waals surface area contributed by atoms with Gasteiger partial charge < -0.3 is 10.6 Å². The summed E-state index contributed by atoms with van der Waals surface area (Å²) in [6.45, 7) is 0.914. The number of nitrogens with zero attached hydrogens (tertiary/aromatic N) is 2. The molecule has 0 amide bonds. The Morgan fingerprint density at radius 2 is 2.00 bits per heavy atom. The molecule has 7 heteroatoms. The number of halogens is 3. The summed E-state index contributed by atoms with van der Waals surface area (Å²) < 4.78 is 38.0. The van der Waals surface area contributed by atoms with Gasteiger partial charge in [-0.15, -0.1) is 0 Å². The van der Waals surface area contributed by atoms with Gasteiger partial charge in [0.25, 0.3) is 0 Å². The maximum absolute atomic E-state index is 12.7. The van der Waals surface area contributed by atoms with Crippen LogP contribution >= 0.6 is 0 Å². The molecule has 26 heavy (non-hydrogen) atoms. The summed E-state index contributed by atoms with van der Waals surface area (Å²) in [5, 5.41) is 6.12. The predicted molar refractivity (Wildman–Crippen MR) is 95.6 cm³/mol. The highest BCUT2D eigenvalue weighted by molar-refractivity contribution is 5.79. The molecule has 4 nitrogen and oxygen atoms in total. The van der Waals surface area contributed by atoms with E-state index >= 15 is 0 Å². The van der Waals surface area contributed by atoms with E-state index in [9.17, 15) is 13.2 Å². The predicted octanol–water partition coefficient (Wildman–Crippen LogP) is 2.86. The highest BCUT2D eigenvalue weighted by atomic mass is 19.4. The molecule has 0 saturated heterocycles. The van der Waals surface area contributed by atoms with Crippen molar-refractivity contribution in [3.05, 3.63) is 65.5 Å². The second-order valence-corrected chi connectivity index (χ2v) is 5.30. The van der Waals surface area contributed by atoms with Crippen LogP contribution in [0.3, 0.4) is 0 Å². The van der Waals surface area contributed by atoms with Crippen LogP contribution < -0.4 is 10.6 Å². The number of hydrogen-bond donors (Lipinski definition) is 2. The minimum Gasteiger partial charge on any atom is -0.356 e. The van der Waals surface area contributed by atoms with Crippen LogP contribution in [0.25, 0.3) is 0 Å². The second kappa shape index (κ2) is 9.47. The first-order valence-corrected chi connectivity index (χ1v) is 7.99. The van der Waals surface area contributed by atoms with Gasteiger partial charge in [0.05, 0.1) is 12.1 Å². The van der Waals surface area contributed by atoms with Gasteiger partial charge in [0, 0.05) is 37.5 Å². The molecule has 0 fully saturated rings. The molecule has 136 valence electrons. The molecule has 0 spiro atoms. The molecule has 0 bridgehead atoms. The fraction of sp³-hybridized carbons (Fsp3) is 0.263. The topological polar surface area (TPSA) is 49.3 Å². The number of pyridine rings is 1. The minimum atomic E-state index is -4.37. The molecule has 0 saturated carbocycles. The molecule has 0 atom stereocenters.